The largest absolute Gasteiger partial charge is 0.379 e. The average molecular weight is 460 g/mol. The number of sulfonamides is 1. The number of carbonyl (C=O) groups excluding carboxylic acids is 1. The summed E-state index contributed by atoms with van der Waals surface area (Å²) in [4.78, 5) is 15.5. The molecular weight excluding hydrogens is 430 g/mol. The maximum atomic E-state index is 13.1. The standard InChI is InChI=1S/C23H29N3O5S/c27-23(20-7-4-8-21(17-20)32(28,29)26-11-15-31-16-12-26)24-22(19-5-2-1-3-6-19)18-25-9-13-30-14-10-25/h1-8,17,22H,9-16,18H2,(H,24,27)/t22-/m0/s1. The summed E-state index contributed by atoms with van der Waals surface area (Å²) in [5, 5.41) is 3.11. The smallest absolute Gasteiger partial charge is 0.251 e. The van der Waals surface area contributed by atoms with Crippen molar-refractivity contribution in [3.63, 3.8) is 0 Å². The van der Waals surface area contributed by atoms with Crippen molar-refractivity contribution in [3.05, 3.63) is 65.7 Å². The summed E-state index contributed by atoms with van der Waals surface area (Å²) in [6.07, 6.45) is 0. The second-order valence-corrected chi connectivity index (χ2v) is 9.83. The number of nitrogens with one attached hydrogen (secondary N) is 1. The Morgan fingerprint density at radius 3 is 2.25 bits per heavy atom. The van der Waals surface area contributed by atoms with Gasteiger partial charge in [-0.2, -0.15) is 4.31 Å². The lowest BCUT2D eigenvalue weighted by atomic mass is 10.1. The van der Waals surface area contributed by atoms with Gasteiger partial charge in [0.1, 0.15) is 0 Å². The van der Waals surface area contributed by atoms with E-state index in [9.17, 15) is 13.2 Å². The molecule has 1 atom stereocenters. The summed E-state index contributed by atoms with van der Waals surface area (Å²) in [5.41, 5.74) is 1.33. The van der Waals surface area contributed by atoms with Crippen molar-refractivity contribution >= 4 is 15.9 Å². The van der Waals surface area contributed by atoms with Gasteiger partial charge in [0.2, 0.25) is 10.0 Å². The SMILES string of the molecule is O=C(N[C@@H](CN1CCOCC1)c1ccccc1)c1cccc(S(=O)(=O)N2CCOCC2)c1. The molecule has 2 aromatic carbocycles. The Morgan fingerprint density at radius 2 is 1.56 bits per heavy atom. The van der Waals surface area contributed by atoms with Gasteiger partial charge in [-0.1, -0.05) is 36.4 Å². The van der Waals surface area contributed by atoms with Crippen LogP contribution in [-0.4, -0.2) is 82.7 Å². The average Bonchev–Trinajstić information content (AvgIpc) is 2.85. The number of morpholine rings is 2. The molecule has 2 saturated heterocycles. The molecule has 0 unspecified atom stereocenters. The highest BCUT2D eigenvalue weighted by molar-refractivity contribution is 7.89. The molecule has 2 heterocycles. The van der Waals surface area contributed by atoms with Crippen molar-refractivity contribution in [3.8, 4) is 0 Å². The maximum Gasteiger partial charge on any atom is 0.251 e. The minimum atomic E-state index is -3.67. The van der Waals surface area contributed by atoms with Gasteiger partial charge >= 0.3 is 0 Å². The van der Waals surface area contributed by atoms with Crippen LogP contribution in [0.4, 0.5) is 0 Å². The van der Waals surface area contributed by atoms with Gasteiger partial charge in [0.25, 0.3) is 5.91 Å². The van der Waals surface area contributed by atoms with E-state index in [4.69, 9.17) is 9.47 Å². The summed E-state index contributed by atoms with van der Waals surface area (Å²) in [5.74, 6) is -0.300. The van der Waals surface area contributed by atoms with Gasteiger partial charge in [-0.3, -0.25) is 9.69 Å². The normalized spacial score (nSPS) is 19.4. The number of amides is 1. The molecule has 9 heteroatoms. The molecule has 0 bridgehead atoms. The van der Waals surface area contributed by atoms with Crippen LogP contribution >= 0.6 is 0 Å². The van der Waals surface area contributed by atoms with Crippen LogP contribution in [0.5, 0.6) is 0 Å². The molecule has 4 rings (SSSR count). The highest BCUT2D eigenvalue weighted by Gasteiger charge is 2.27. The van der Waals surface area contributed by atoms with E-state index < -0.39 is 10.0 Å². The molecule has 1 amide bonds. The summed E-state index contributed by atoms with van der Waals surface area (Å²) in [6, 6.07) is 15.8. The molecule has 32 heavy (non-hydrogen) atoms. The number of hydrogen-bond acceptors (Lipinski definition) is 6. The van der Waals surface area contributed by atoms with E-state index in [0.29, 0.717) is 51.6 Å². The number of carbonyl (C=O) groups is 1. The summed E-state index contributed by atoms with van der Waals surface area (Å²) < 4.78 is 38.1. The fourth-order valence-electron chi connectivity index (χ4n) is 3.94. The zero-order valence-electron chi connectivity index (χ0n) is 18.0. The lowest BCUT2D eigenvalue weighted by Crippen LogP contribution is -2.43. The van der Waals surface area contributed by atoms with Gasteiger partial charge in [0.15, 0.2) is 0 Å². The highest BCUT2D eigenvalue weighted by atomic mass is 32.2. The van der Waals surface area contributed by atoms with Crippen molar-refractivity contribution in [2.45, 2.75) is 10.9 Å². The first-order valence-electron chi connectivity index (χ1n) is 10.9. The Labute approximate surface area is 189 Å². The highest BCUT2D eigenvalue weighted by Crippen LogP contribution is 2.20. The molecule has 0 aromatic heterocycles. The van der Waals surface area contributed by atoms with E-state index in [1.807, 2.05) is 30.3 Å². The van der Waals surface area contributed by atoms with Crippen molar-refractivity contribution < 1.29 is 22.7 Å². The number of rotatable bonds is 7. The van der Waals surface area contributed by atoms with E-state index in [1.54, 1.807) is 12.1 Å². The summed E-state index contributed by atoms with van der Waals surface area (Å²) in [7, 11) is -3.67. The third-order valence-corrected chi connectivity index (χ3v) is 7.65. The van der Waals surface area contributed by atoms with Crippen LogP contribution in [0, 0.1) is 0 Å². The molecule has 2 aromatic rings. The van der Waals surface area contributed by atoms with E-state index in [0.717, 1.165) is 18.7 Å². The Kier molecular flexibility index (Phi) is 7.54. The quantitative estimate of drug-likeness (QED) is 0.675. The molecule has 1 N–H and O–H groups in total. The molecule has 2 aliphatic rings. The number of benzene rings is 2. The zero-order valence-corrected chi connectivity index (χ0v) is 18.8. The van der Waals surface area contributed by atoms with Crippen molar-refractivity contribution in [1.82, 2.24) is 14.5 Å². The molecule has 8 nitrogen and oxygen atoms in total. The fraction of sp³-hybridized carbons (Fsp3) is 0.435. The molecule has 0 radical (unpaired) electrons. The molecule has 0 spiro atoms. The van der Waals surface area contributed by atoms with Gasteiger partial charge in [0.05, 0.1) is 37.4 Å². The molecule has 172 valence electrons. The number of ether oxygens (including phenoxy) is 2. The first kappa shape index (κ1) is 22.9. The third-order valence-electron chi connectivity index (χ3n) is 5.76. The minimum Gasteiger partial charge on any atom is -0.379 e. The summed E-state index contributed by atoms with van der Waals surface area (Å²) in [6.45, 7) is 5.01. The predicted molar refractivity (Wildman–Crippen MR) is 120 cm³/mol. The molecule has 0 aliphatic carbocycles. The van der Waals surface area contributed by atoms with Crippen LogP contribution in [0.15, 0.2) is 59.5 Å². The molecule has 2 aliphatic heterocycles. The van der Waals surface area contributed by atoms with E-state index in [2.05, 4.69) is 10.2 Å². The van der Waals surface area contributed by atoms with Crippen molar-refractivity contribution in [1.29, 1.82) is 0 Å². The molecular formula is C23H29N3O5S. The van der Waals surface area contributed by atoms with Gasteiger partial charge < -0.3 is 14.8 Å². The Morgan fingerprint density at radius 1 is 0.906 bits per heavy atom. The topological polar surface area (TPSA) is 88.2 Å². The van der Waals surface area contributed by atoms with E-state index >= 15 is 0 Å². The van der Waals surface area contributed by atoms with Gasteiger partial charge in [-0.25, -0.2) is 8.42 Å². The van der Waals surface area contributed by atoms with E-state index in [-0.39, 0.29) is 16.8 Å². The van der Waals surface area contributed by atoms with E-state index in [1.165, 1.54) is 16.4 Å². The molecule has 2 fully saturated rings. The first-order valence-corrected chi connectivity index (χ1v) is 12.3. The van der Waals surface area contributed by atoms with Crippen LogP contribution in [-0.2, 0) is 19.5 Å². The first-order chi connectivity index (χ1) is 15.5. The minimum absolute atomic E-state index is 0.122. The third kappa shape index (κ3) is 5.54. The van der Waals surface area contributed by atoms with Gasteiger partial charge in [-0.05, 0) is 23.8 Å². The van der Waals surface area contributed by atoms with Crippen LogP contribution in [0.25, 0.3) is 0 Å². The zero-order chi connectivity index (χ0) is 22.4. The predicted octanol–water partition coefficient (Wildman–Crippen LogP) is 1.51. The lowest BCUT2D eigenvalue weighted by Gasteiger charge is -2.31. The number of hydrogen-bond donors (Lipinski definition) is 1. The van der Waals surface area contributed by atoms with Crippen molar-refractivity contribution in [2.75, 3.05) is 59.2 Å². The van der Waals surface area contributed by atoms with Crippen LogP contribution in [0.1, 0.15) is 22.0 Å². The van der Waals surface area contributed by atoms with Crippen LogP contribution in [0.3, 0.4) is 0 Å². The van der Waals surface area contributed by atoms with Crippen LogP contribution < -0.4 is 5.32 Å². The monoisotopic (exact) mass is 459 g/mol. The lowest BCUT2D eigenvalue weighted by molar-refractivity contribution is 0.0332. The van der Waals surface area contributed by atoms with Gasteiger partial charge in [-0.15, -0.1) is 0 Å². The summed E-state index contributed by atoms with van der Waals surface area (Å²) >= 11 is 0. The fourth-order valence-corrected chi connectivity index (χ4v) is 5.39. The van der Waals surface area contributed by atoms with Crippen LogP contribution in [0.2, 0.25) is 0 Å². The Hall–Kier alpha value is -2.30. The Balaban J connectivity index is 1.52. The van der Waals surface area contributed by atoms with Gasteiger partial charge in [0, 0.05) is 38.3 Å². The Bertz CT molecular complexity index is 1000. The molecule has 0 saturated carbocycles. The second-order valence-electron chi connectivity index (χ2n) is 7.89. The maximum absolute atomic E-state index is 13.1. The number of nitrogens with zero attached hydrogens (tertiary/aromatic N) is 2. The van der Waals surface area contributed by atoms with Crippen molar-refractivity contribution in [2.24, 2.45) is 0 Å². The second kappa shape index (κ2) is 10.5.